The van der Waals surface area contributed by atoms with E-state index in [2.05, 4.69) is 17.4 Å². The third-order valence-electron chi connectivity index (χ3n) is 7.72. The van der Waals surface area contributed by atoms with E-state index < -0.39 is 10.7 Å². The minimum absolute atomic E-state index is 0.235. The molecule has 0 spiro atoms. The Morgan fingerprint density at radius 2 is 1.63 bits per heavy atom. The Hall–Kier alpha value is -3.42. The average Bonchev–Trinajstić information content (AvgIpc) is 3.39. The van der Waals surface area contributed by atoms with E-state index in [9.17, 15) is 14.7 Å². The fourth-order valence-electron chi connectivity index (χ4n) is 5.23. The maximum absolute atomic E-state index is 13.6. The van der Waals surface area contributed by atoms with Gasteiger partial charge in [0.15, 0.2) is 0 Å². The van der Waals surface area contributed by atoms with Crippen molar-refractivity contribution in [2.45, 2.75) is 75.4 Å². The number of thiazole rings is 1. The molecule has 41 heavy (non-hydrogen) atoms. The predicted molar refractivity (Wildman–Crippen MR) is 170 cm³/mol. The number of benzene rings is 3. The molecule has 0 atom stereocenters. The monoisotopic (exact) mass is 584 g/mol. The van der Waals surface area contributed by atoms with Gasteiger partial charge in [0.2, 0.25) is 0 Å². The topological polar surface area (TPSA) is 79.3 Å². The Labute approximate surface area is 250 Å². The van der Waals surface area contributed by atoms with E-state index in [1.165, 1.54) is 60.8 Å². The second-order valence-corrected chi connectivity index (χ2v) is 14.1. The first-order valence-electron chi connectivity index (χ1n) is 14.1. The minimum atomic E-state index is -0.937. The molecule has 2 N–H and O–H groups in total. The Morgan fingerprint density at radius 3 is 2.27 bits per heavy atom. The maximum Gasteiger partial charge on any atom is 0.319 e. The van der Waals surface area contributed by atoms with Crippen LogP contribution in [0.15, 0.2) is 71.6 Å². The largest absolute Gasteiger partial charge is 0.480 e. The van der Waals surface area contributed by atoms with Gasteiger partial charge in [-0.1, -0.05) is 67.3 Å². The van der Waals surface area contributed by atoms with Crippen LogP contribution in [-0.4, -0.2) is 26.7 Å². The quantitative estimate of drug-likeness (QED) is 0.202. The van der Waals surface area contributed by atoms with Crippen LogP contribution in [0, 0.1) is 13.8 Å². The SMILES string of the molecule is Cc1ccc(-c2sc(-c3ccc(SC(C)(C)C(=O)O)cc3C)nc2C(=O)Nc2ccc(C3CCCCC3)cc2)cc1. The van der Waals surface area contributed by atoms with Crippen molar-refractivity contribution in [1.29, 1.82) is 0 Å². The second-order valence-electron chi connectivity index (χ2n) is 11.4. The van der Waals surface area contributed by atoms with Gasteiger partial charge in [0, 0.05) is 16.1 Å². The van der Waals surface area contributed by atoms with E-state index in [0.29, 0.717) is 11.6 Å². The van der Waals surface area contributed by atoms with Crippen molar-refractivity contribution in [2.75, 3.05) is 5.32 Å². The fourth-order valence-corrected chi connectivity index (χ4v) is 7.44. The molecule has 1 amide bonds. The van der Waals surface area contributed by atoms with E-state index in [1.54, 1.807) is 13.8 Å². The van der Waals surface area contributed by atoms with Gasteiger partial charge in [-0.3, -0.25) is 9.59 Å². The number of carbonyl (C=O) groups excluding carboxylic acids is 1. The van der Waals surface area contributed by atoms with Crippen molar-refractivity contribution in [2.24, 2.45) is 0 Å². The smallest absolute Gasteiger partial charge is 0.319 e. The highest BCUT2D eigenvalue weighted by Crippen LogP contribution is 2.40. The van der Waals surface area contributed by atoms with Gasteiger partial charge in [-0.15, -0.1) is 23.1 Å². The molecule has 0 bridgehead atoms. The van der Waals surface area contributed by atoms with Crippen molar-refractivity contribution in [3.63, 3.8) is 0 Å². The van der Waals surface area contributed by atoms with Crippen LogP contribution in [0.1, 0.15) is 79.0 Å². The van der Waals surface area contributed by atoms with Crippen LogP contribution in [0.4, 0.5) is 5.69 Å². The molecule has 0 aliphatic heterocycles. The zero-order valence-corrected chi connectivity index (χ0v) is 25.6. The van der Waals surface area contributed by atoms with Crippen molar-refractivity contribution < 1.29 is 14.7 Å². The third kappa shape index (κ3) is 6.74. The highest BCUT2D eigenvalue weighted by atomic mass is 32.2. The maximum atomic E-state index is 13.6. The molecule has 0 unspecified atom stereocenters. The van der Waals surface area contributed by atoms with Gasteiger partial charge in [0.1, 0.15) is 15.4 Å². The van der Waals surface area contributed by atoms with E-state index in [0.717, 1.165) is 42.7 Å². The van der Waals surface area contributed by atoms with Gasteiger partial charge in [-0.25, -0.2) is 4.98 Å². The zero-order chi connectivity index (χ0) is 29.1. The van der Waals surface area contributed by atoms with Crippen LogP contribution in [0.3, 0.4) is 0 Å². The van der Waals surface area contributed by atoms with E-state index in [1.807, 2.05) is 68.4 Å². The third-order valence-corrected chi connectivity index (χ3v) is 10.0. The summed E-state index contributed by atoms with van der Waals surface area (Å²) in [6.45, 7) is 7.44. The molecular formula is C34H36N2O3S2. The fraction of sp³-hybridized carbons (Fsp3) is 0.324. The van der Waals surface area contributed by atoms with Crippen molar-refractivity contribution in [3.8, 4) is 21.0 Å². The number of rotatable bonds is 8. The summed E-state index contributed by atoms with van der Waals surface area (Å²) < 4.78 is -0.937. The molecule has 7 heteroatoms. The van der Waals surface area contributed by atoms with Crippen molar-refractivity contribution in [3.05, 3.63) is 89.1 Å². The second kappa shape index (κ2) is 12.2. The van der Waals surface area contributed by atoms with Gasteiger partial charge < -0.3 is 10.4 Å². The van der Waals surface area contributed by atoms with Crippen LogP contribution in [0.2, 0.25) is 0 Å². The first kappa shape index (κ1) is 29.1. The van der Waals surface area contributed by atoms with E-state index in [-0.39, 0.29) is 5.91 Å². The van der Waals surface area contributed by atoms with Gasteiger partial charge in [0.25, 0.3) is 5.91 Å². The number of hydrogen-bond donors (Lipinski definition) is 2. The molecule has 5 nitrogen and oxygen atoms in total. The number of aryl methyl sites for hydroxylation is 2. The molecular weight excluding hydrogens is 549 g/mol. The number of carbonyl (C=O) groups is 2. The van der Waals surface area contributed by atoms with Gasteiger partial charge in [0.05, 0.1) is 4.88 Å². The lowest BCUT2D eigenvalue weighted by Crippen LogP contribution is -2.26. The molecule has 3 aromatic carbocycles. The molecule has 212 valence electrons. The summed E-state index contributed by atoms with van der Waals surface area (Å²) in [6.07, 6.45) is 6.39. The van der Waals surface area contributed by atoms with Crippen LogP contribution in [0.25, 0.3) is 21.0 Å². The lowest BCUT2D eigenvalue weighted by atomic mass is 9.84. The Kier molecular flexibility index (Phi) is 8.66. The summed E-state index contributed by atoms with van der Waals surface area (Å²) in [5, 5.41) is 13.4. The van der Waals surface area contributed by atoms with Gasteiger partial charge in [-0.2, -0.15) is 0 Å². The Balaban J connectivity index is 1.44. The van der Waals surface area contributed by atoms with Crippen LogP contribution in [0.5, 0.6) is 0 Å². The molecule has 0 radical (unpaired) electrons. The number of aromatic nitrogens is 1. The summed E-state index contributed by atoms with van der Waals surface area (Å²) in [4.78, 5) is 31.8. The number of anilines is 1. The van der Waals surface area contributed by atoms with Crippen molar-refractivity contribution in [1.82, 2.24) is 4.98 Å². The normalized spacial score (nSPS) is 14.1. The zero-order valence-electron chi connectivity index (χ0n) is 24.0. The molecule has 1 aliphatic rings. The number of hydrogen-bond acceptors (Lipinski definition) is 5. The number of amides is 1. The molecule has 1 aromatic heterocycles. The summed E-state index contributed by atoms with van der Waals surface area (Å²) >= 11 is 2.81. The first-order valence-corrected chi connectivity index (χ1v) is 15.8. The standard InChI is InChI=1S/C34H36N2O3S2/c1-21-10-12-25(13-11-21)30-29(31(37)35-26-16-14-24(15-17-26)23-8-6-5-7-9-23)36-32(40-30)28-19-18-27(20-22(28)2)41-34(3,4)33(38)39/h10-20,23H,5-9H2,1-4H3,(H,35,37)(H,38,39). The molecule has 5 rings (SSSR count). The van der Waals surface area contributed by atoms with Crippen LogP contribution in [-0.2, 0) is 4.79 Å². The number of carboxylic acids is 1. The van der Waals surface area contributed by atoms with Crippen LogP contribution >= 0.6 is 23.1 Å². The lowest BCUT2D eigenvalue weighted by molar-refractivity contribution is -0.138. The highest BCUT2D eigenvalue weighted by Gasteiger charge is 2.29. The van der Waals surface area contributed by atoms with Gasteiger partial charge in [-0.05, 0) is 87.4 Å². The van der Waals surface area contributed by atoms with Crippen LogP contribution < -0.4 is 5.32 Å². The average molecular weight is 585 g/mol. The number of nitrogens with zero attached hydrogens (tertiary/aromatic N) is 1. The number of thioether (sulfide) groups is 1. The molecule has 1 saturated carbocycles. The minimum Gasteiger partial charge on any atom is -0.480 e. The highest BCUT2D eigenvalue weighted by molar-refractivity contribution is 8.01. The van der Waals surface area contributed by atoms with Crippen molar-refractivity contribution >= 4 is 40.7 Å². The predicted octanol–water partition coefficient (Wildman–Crippen LogP) is 9.35. The molecule has 1 fully saturated rings. The summed E-state index contributed by atoms with van der Waals surface area (Å²) in [7, 11) is 0. The molecule has 1 aliphatic carbocycles. The number of nitrogens with one attached hydrogen (secondary N) is 1. The number of aliphatic carboxylic acids is 1. The molecule has 1 heterocycles. The van der Waals surface area contributed by atoms with Gasteiger partial charge >= 0.3 is 5.97 Å². The van der Waals surface area contributed by atoms with E-state index in [4.69, 9.17) is 4.98 Å². The Morgan fingerprint density at radius 1 is 0.951 bits per heavy atom. The summed E-state index contributed by atoms with van der Waals surface area (Å²) in [5.74, 6) is -0.473. The van der Waals surface area contributed by atoms with E-state index >= 15 is 0 Å². The lowest BCUT2D eigenvalue weighted by Gasteiger charge is -2.22. The molecule has 4 aromatic rings. The summed E-state index contributed by atoms with van der Waals surface area (Å²) in [5.41, 5.74) is 6.51. The number of carboxylic acid groups (broad SMARTS) is 1. The molecule has 0 saturated heterocycles. The first-order chi connectivity index (χ1) is 19.6. The summed E-state index contributed by atoms with van der Waals surface area (Å²) in [6, 6.07) is 22.3. The Bertz CT molecular complexity index is 1550.